The monoisotopic (exact) mass is 435 g/mol. The smallest absolute Gasteiger partial charge is 0.127 e. The summed E-state index contributed by atoms with van der Waals surface area (Å²) in [5.41, 5.74) is 2.80. The third-order valence-electron chi connectivity index (χ3n) is 5.28. The Bertz CT molecular complexity index is 943. The molecule has 0 aromatic heterocycles. The van der Waals surface area contributed by atoms with E-state index in [1.54, 1.807) is 12.1 Å². The van der Waals surface area contributed by atoms with E-state index < -0.39 is 5.92 Å². The fraction of sp³-hybridized carbons (Fsp3) is 0.296. The van der Waals surface area contributed by atoms with E-state index in [1.165, 1.54) is 12.1 Å². The largest absolute Gasteiger partial charge is 0.492 e. The first kappa shape index (κ1) is 23.6. The van der Waals surface area contributed by atoms with Crippen molar-refractivity contribution < 1.29 is 18.7 Å². The van der Waals surface area contributed by atoms with Crippen LogP contribution in [0.1, 0.15) is 35.1 Å². The second-order valence-electron chi connectivity index (χ2n) is 8.04. The van der Waals surface area contributed by atoms with Gasteiger partial charge < -0.3 is 19.2 Å². The Kier molecular flexibility index (Phi) is 8.96. The second kappa shape index (κ2) is 12.1. The molecule has 0 amide bonds. The molecule has 0 aliphatic carbocycles. The topological polar surface area (TPSA) is 38.8 Å². The number of hydrogen-bond acceptors (Lipinski definition) is 4. The van der Waals surface area contributed by atoms with Crippen molar-refractivity contribution in [1.29, 1.82) is 0 Å². The first-order valence-electron chi connectivity index (χ1n) is 10.8. The van der Waals surface area contributed by atoms with E-state index in [9.17, 15) is 9.18 Å². The van der Waals surface area contributed by atoms with E-state index in [4.69, 9.17) is 9.47 Å². The minimum absolute atomic E-state index is 0.300. The van der Waals surface area contributed by atoms with Crippen molar-refractivity contribution in [1.82, 2.24) is 4.90 Å². The summed E-state index contributed by atoms with van der Waals surface area (Å²) in [4.78, 5) is 14.0. The highest BCUT2D eigenvalue weighted by atomic mass is 19.1. The van der Waals surface area contributed by atoms with Crippen molar-refractivity contribution in [3.63, 3.8) is 0 Å². The molecule has 3 rings (SSSR count). The number of carbonyl (C=O) groups is 1. The van der Waals surface area contributed by atoms with Gasteiger partial charge in [0, 0.05) is 12.5 Å². The van der Waals surface area contributed by atoms with Crippen LogP contribution in [0.4, 0.5) is 4.39 Å². The van der Waals surface area contributed by atoms with Gasteiger partial charge in [-0.25, -0.2) is 4.39 Å². The van der Waals surface area contributed by atoms with E-state index in [0.717, 1.165) is 35.3 Å². The first-order chi connectivity index (χ1) is 15.5. The molecule has 0 aliphatic rings. The maximum absolute atomic E-state index is 13.3. The number of likely N-dealkylation sites (N-methyl/N-ethyl adjacent to an activating group) is 1. The number of aldehydes is 1. The molecule has 3 aromatic carbocycles. The Morgan fingerprint density at radius 2 is 1.56 bits per heavy atom. The Balaban J connectivity index is 1.75. The predicted molar refractivity (Wildman–Crippen MR) is 124 cm³/mol. The summed E-state index contributed by atoms with van der Waals surface area (Å²) in [7, 11) is 4.01. The summed E-state index contributed by atoms with van der Waals surface area (Å²) in [5, 5.41) is 0. The van der Waals surface area contributed by atoms with Gasteiger partial charge >= 0.3 is 0 Å². The van der Waals surface area contributed by atoms with Crippen LogP contribution >= 0.6 is 0 Å². The number of nitrogens with zero attached hydrogens (tertiary/aromatic N) is 1. The van der Waals surface area contributed by atoms with Crippen LogP contribution < -0.4 is 4.74 Å². The highest BCUT2D eigenvalue weighted by Gasteiger charge is 2.21. The van der Waals surface area contributed by atoms with Crippen molar-refractivity contribution in [2.45, 2.75) is 25.0 Å². The minimum atomic E-state index is -0.396. The molecule has 5 heteroatoms. The zero-order valence-electron chi connectivity index (χ0n) is 18.6. The molecule has 0 radical (unpaired) electrons. The molecule has 2 atom stereocenters. The van der Waals surface area contributed by atoms with E-state index in [0.29, 0.717) is 19.6 Å². The van der Waals surface area contributed by atoms with Gasteiger partial charge in [0.15, 0.2) is 0 Å². The lowest BCUT2D eigenvalue weighted by Gasteiger charge is -2.22. The molecule has 0 N–H and O–H groups in total. The van der Waals surface area contributed by atoms with Gasteiger partial charge in [0.2, 0.25) is 0 Å². The van der Waals surface area contributed by atoms with Gasteiger partial charge in [-0.2, -0.15) is 0 Å². The van der Waals surface area contributed by atoms with Gasteiger partial charge in [-0.05, 0) is 61.5 Å². The van der Waals surface area contributed by atoms with Crippen LogP contribution in [0.25, 0.3) is 0 Å². The predicted octanol–water partition coefficient (Wildman–Crippen LogP) is 5.40. The highest BCUT2D eigenvalue weighted by molar-refractivity contribution is 5.62. The van der Waals surface area contributed by atoms with Crippen LogP contribution in [-0.4, -0.2) is 38.4 Å². The Hall–Kier alpha value is -3.02. The van der Waals surface area contributed by atoms with Crippen LogP contribution in [0.2, 0.25) is 0 Å². The zero-order chi connectivity index (χ0) is 22.8. The summed E-state index contributed by atoms with van der Waals surface area (Å²) in [6, 6.07) is 23.8. The SMILES string of the molecule is CN(C)CCOc1ccc(C(CC(C=O)c2ccc(F)cc2)OCc2ccccc2)cc1. The molecule has 32 heavy (non-hydrogen) atoms. The zero-order valence-corrected chi connectivity index (χ0v) is 18.6. The molecule has 0 spiro atoms. The normalized spacial score (nSPS) is 13.0. The average Bonchev–Trinajstić information content (AvgIpc) is 2.81. The minimum Gasteiger partial charge on any atom is -0.492 e. The van der Waals surface area contributed by atoms with Gasteiger partial charge in [0.1, 0.15) is 24.5 Å². The lowest BCUT2D eigenvalue weighted by Crippen LogP contribution is -2.19. The number of halogens is 1. The molecule has 0 saturated heterocycles. The van der Waals surface area contributed by atoms with Gasteiger partial charge in [0.25, 0.3) is 0 Å². The van der Waals surface area contributed by atoms with Crippen molar-refractivity contribution in [2.75, 3.05) is 27.2 Å². The molecule has 168 valence electrons. The van der Waals surface area contributed by atoms with Crippen molar-refractivity contribution in [3.05, 3.63) is 101 Å². The number of benzene rings is 3. The van der Waals surface area contributed by atoms with Gasteiger partial charge in [-0.15, -0.1) is 0 Å². The third kappa shape index (κ3) is 7.29. The van der Waals surface area contributed by atoms with Gasteiger partial charge in [-0.3, -0.25) is 0 Å². The Morgan fingerprint density at radius 1 is 0.906 bits per heavy atom. The van der Waals surface area contributed by atoms with E-state index >= 15 is 0 Å². The molecule has 0 heterocycles. The second-order valence-corrected chi connectivity index (χ2v) is 8.04. The molecule has 2 unspecified atom stereocenters. The summed E-state index contributed by atoms with van der Waals surface area (Å²) in [5.74, 6) is 0.0791. The molecular formula is C27H30FNO3. The Labute approximate surface area is 189 Å². The number of carbonyl (C=O) groups excluding carboxylic acids is 1. The molecule has 0 fully saturated rings. The number of hydrogen-bond donors (Lipinski definition) is 0. The van der Waals surface area contributed by atoms with Crippen LogP contribution in [0.5, 0.6) is 5.75 Å². The molecular weight excluding hydrogens is 405 g/mol. The lowest BCUT2D eigenvalue weighted by atomic mass is 9.91. The molecule has 0 bridgehead atoms. The standard InChI is InChI=1S/C27H30FNO3/c1-29(2)16-17-31-26-14-10-23(11-15-26)27(32-20-21-6-4-3-5-7-21)18-24(19-30)22-8-12-25(28)13-9-22/h3-15,19,24,27H,16-18,20H2,1-2H3. The Morgan fingerprint density at radius 3 is 2.19 bits per heavy atom. The maximum Gasteiger partial charge on any atom is 0.127 e. The summed E-state index contributed by atoms with van der Waals surface area (Å²) in [6.07, 6.45) is 1.07. The fourth-order valence-electron chi connectivity index (χ4n) is 3.41. The summed E-state index contributed by atoms with van der Waals surface area (Å²) >= 11 is 0. The van der Waals surface area contributed by atoms with E-state index in [1.807, 2.05) is 68.7 Å². The van der Waals surface area contributed by atoms with Gasteiger partial charge in [-0.1, -0.05) is 54.6 Å². The van der Waals surface area contributed by atoms with Crippen molar-refractivity contribution in [3.8, 4) is 5.75 Å². The molecule has 0 saturated carbocycles. The molecule has 3 aromatic rings. The maximum atomic E-state index is 13.3. The third-order valence-corrected chi connectivity index (χ3v) is 5.28. The van der Waals surface area contributed by atoms with Crippen molar-refractivity contribution in [2.24, 2.45) is 0 Å². The summed E-state index contributed by atoms with van der Waals surface area (Å²) in [6.45, 7) is 1.88. The number of ether oxygens (including phenoxy) is 2. The number of rotatable bonds is 12. The van der Waals surface area contributed by atoms with E-state index in [2.05, 4.69) is 4.90 Å². The van der Waals surface area contributed by atoms with Crippen molar-refractivity contribution >= 4 is 6.29 Å². The van der Waals surface area contributed by atoms with Crippen LogP contribution in [0.15, 0.2) is 78.9 Å². The fourth-order valence-corrected chi connectivity index (χ4v) is 3.41. The highest BCUT2D eigenvalue weighted by Crippen LogP contribution is 2.32. The van der Waals surface area contributed by atoms with Crippen LogP contribution in [-0.2, 0) is 16.1 Å². The summed E-state index contributed by atoms with van der Waals surface area (Å²) < 4.78 is 25.4. The van der Waals surface area contributed by atoms with E-state index in [-0.39, 0.29) is 11.9 Å². The quantitative estimate of drug-likeness (QED) is 0.357. The first-order valence-corrected chi connectivity index (χ1v) is 10.8. The van der Waals surface area contributed by atoms with Gasteiger partial charge in [0.05, 0.1) is 12.7 Å². The van der Waals surface area contributed by atoms with Crippen LogP contribution in [0.3, 0.4) is 0 Å². The van der Waals surface area contributed by atoms with Crippen LogP contribution in [0, 0.1) is 5.82 Å². The average molecular weight is 436 g/mol. The molecule has 0 aliphatic heterocycles. The molecule has 4 nitrogen and oxygen atoms in total. The lowest BCUT2D eigenvalue weighted by molar-refractivity contribution is -0.110.